The molecule has 1 amide bonds. The second kappa shape index (κ2) is 4.45. The molecule has 0 radical (unpaired) electrons. The Kier molecular flexibility index (Phi) is 3.28. The molecule has 5 heteroatoms. The van der Waals surface area contributed by atoms with Crippen molar-refractivity contribution in [2.45, 2.75) is 6.04 Å². The number of carboxylic acid groups (broad SMARTS) is 1. The van der Waals surface area contributed by atoms with Gasteiger partial charge in [-0.05, 0) is 17.7 Å². The molecule has 0 saturated heterocycles. The number of benzene rings is 1. The maximum atomic E-state index is 10.9. The molecule has 0 spiro atoms. The second-order valence-corrected chi connectivity index (χ2v) is 3.11. The molecule has 80 valence electrons. The highest BCUT2D eigenvalue weighted by molar-refractivity contribution is 5.78. The Morgan fingerprint density at radius 1 is 1.53 bits per heavy atom. The van der Waals surface area contributed by atoms with Gasteiger partial charge in [-0.2, -0.15) is 0 Å². The van der Waals surface area contributed by atoms with Gasteiger partial charge >= 0.3 is 5.97 Å². The molecule has 5 nitrogen and oxygen atoms in total. The van der Waals surface area contributed by atoms with E-state index in [-0.39, 0.29) is 5.75 Å². The minimum atomic E-state index is -1.14. The molecule has 0 heterocycles. The van der Waals surface area contributed by atoms with E-state index in [1.807, 2.05) is 0 Å². The Labute approximate surface area is 86.6 Å². The summed E-state index contributed by atoms with van der Waals surface area (Å²) in [6, 6.07) is 4.74. The zero-order valence-corrected chi connectivity index (χ0v) is 8.12. The molecule has 1 aromatic carbocycles. The van der Waals surface area contributed by atoms with Crippen molar-refractivity contribution in [2.24, 2.45) is 0 Å². The summed E-state index contributed by atoms with van der Waals surface area (Å²) in [6.07, 6.45) is 0.433. The number of aliphatic carboxylic acids is 1. The Balaban J connectivity index is 3.09. The summed E-state index contributed by atoms with van der Waals surface area (Å²) in [5, 5.41) is 18.1. The van der Waals surface area contributed by atoms with Crippen LogP contribution < -0.4 is 0 Å². The van der Waals surface area contributed by atoms with E-state index in [9.17, 15) is 14.7 Å². The Hall–Kier alpha value is -2.04. The van der Waals surface area contributed by atoms with E-state index in [4.69, 9.17) is 5.11 Å². The fraction of sp³-hybridized carbons (Fsp3) is 0.200. The highest BCUT2D eigenvalue weighted by Gasteiger charge is 2.23. The fourth-order valence-corrected chi connectivity index (χ4v) is 1.31. The van der Waals surface area contributed by atoms with Crippen LogP contribution in [0.4, 0.5) is 0 Å². The van der Waals surface area contributed by atoms with Crippen LogP contribution in [0.15, 0.2) is 24.3 Å². The van der Waals surface area contributed by atoms with E-state index >= 15 is 0 Å². The number of hydrogen-bond donors (Lipinski definition) is 2. The molecule has 0 saturated carbocycles. The molecule has 1 rings (SSSR count). The van der Waals surface area contributed by atoms with Gasteiger partial charge in [-0.25, -0.2) is 4.79 Å². The third kappa shape index (κ3) is 2.46. The summed E-state index contributed by atoms with van der Waals surface area (Å²) in [5.41, 5.74) is 0.358. The predicted molar refractivity (Wildman–Crippen MR) is 52.3 cm³/mol. The summed E-state index contributed by atoms with van der Waals surface area (Å²) in [6.45, 7) is 0. The van der Waals surface area contributed by atoms with Crippen molar-refractivity contribution in [3.63, 3.8) is 0 Å². The molecule has 0 aromatic heterocycles. The molecule has 0 aliphatic heterocycles. The van der Waals surface area contributed by atoms with Crippen molar-refractivity contribution >= 4 is 12.4 Å². The largest absolute Gasteiger partial charge is 0.508 e. The first kappa shape index (κ1) is 11.0. The highest BCUT2D eigenvalue weighted by Crippen LogP contribution is 2.22. The molecular weight excluding hydrogens is 198 g/mol. The number of phenolic OH excluding ortho intramolecular Hbond substituents is 1. The lowest BCUT2D eigenvalue weighted by atomic mass is 10.1. The van der Waals surface area contributed by atoms with Crippen LogP contribution in [0.2, 0.25) is 0 Å². The van der Waals surface area contributed by atoms with Gasteiger partial charge in [0.05, 0.1) is 0 Å². The lowest BCUT2D eigenvalue weighted by molar-refractivity contribution is -0.145. The SMILES string of the molecule is CN(C=O)C(C(=O)O)c1cccc(O)c1. The van der Waals surface area contributed by atoms with Crippen molar-refractivity contribution in [3.8, 4) is 5.75 Å². The van der Waals surface area contributed by atoms with Crippen LogP contribution in [0.5, 0.6) is 5.75 Å². The van der Waals surface area contributed by atoms with Gasteiger partial charge in [0.25, 0.3) is 0 Å². The second-order valence-electron chi connectivity index (χ2n) is 3.11. The average molecular weight is 209 g/mol. The third-order valence-corrected chi connectivity index (χ3v) is 1.99. The van der Waals surface area contributed by atoms with Gasteiger partial charge in [0.15, 0.2) is 6.04 Å². The van der Waals surface area contributed by atoms with Crippen LogP contribution in [0.25, 0.3) is 0 Å². The molecule has 1 unspecified atom stereocenters. The van der Waals surface area contributed by atoms with E-state index in [1.165, 1.54) is 25.2 Å². The first-order valence-corrected chi connectivity index (χ1v) is 4.25. The van der Waals surface area contributed by atoms with Crippen LogP contribution in [0.3, 0.4) is 0 Å². The van der Waals surface area contributed by atoms with E-state index in [2.05, 4.69) is 0 Å². The molecule has 0 aliphatic carbocycles. The molecule has 0 bridgehead atoms. The van der Waals surface area contributed by atoms with E-state index in [1.54, 1.807) is 6.07 Å². The van der Waals surface area contributed by atoms with Gasteiger partial charge in [-0.1, -0.05) is 12.1 Å². The number of carbonyl (C=O) groups excluding carboxylic acids is 1. The quantitative estimate of drug-likeness (QED) is 0.712. The Morgan fingerprint density at radius 2 is 2.20 bits per heavy atom. The highest BCUT2D eigenvalue weighted by atomic mass is 16.4. The fourth-order valence-electron chi connectivity index (χ4n) is 1.31. The van der Waals surface area contributed by atoms with Crippen LogP contribution in [-0.4, -0.2) is 34.5 Å². The first-order valence-electron chi connectivity index (χ1n) is 4.25. The summed E-state index contributed by atoms with van der Waals surface area (Å²) in [4.78, 5) is 22.5. The molecule has 15 heavy (non-hydrogen) atoms. The van der Waals surface area contributed by atoms with E-state index in [0.717, 1.165) is 4.90 Å². The van der Waals surface area contributed by atoms with Crippen molar-refractivity contribution in [3.05, 3.63) is 29.8 Å². The van der Waals surface area contributed by atoms with Gasteiger partial charge < -0.3 is 15.1 Å². The van der Waals surface area contributed by atoms with E-state index in [0.29, 0.717) is 12.0 Å². The number of hydrogen-bond acceptors (Lipinski definition) is 3. The summed E-state index contributed by atoms with van der Waals surface area (Å²) in [7, 11) is 1.37. The minimum Gasteiger partial charge on any atom is -0.508 e. The molecule has 2 N–H and O–H groups in total. The smallest absolute Gasteiger partial charge is 0.331 e. The van der Waals surface area contributed by atoms with Gasteiger partial charge in [0.1, 0.15) is 5.75 Å². The minimum absolute atomic E-state index is 0.0296. The number of aromatic hydroxyl groups is 1. The van der Waals surface area contributed by atoms with Crippen molar-refractivity contribution in [1.29, 1.82) is 0 Å². The predicted octanol–water partition coefficient (Wildman–Crippen LogP) is 0.606. The zero-order valence-electron chi connectivity index (χ0n) is 8.12. The number of rotatable bonds is 4. The van der Waals surface area contributed by atoms with Crippen LogP contribution in [0.1, 0.15) is 11.6 Å². The topological polar surface area (TPSA) is 77.8 Å². The Morgan fingerprint density at radius 3 is 2.67 bits per heavy atom. The molecular formula is C10H11NO4. The molecule has 0 aliphatic rings. The lowest BCUT2D eigenvalue weighted by Crippen LogP contribution is -2.29. The van der Waals surface area contributed by atoms with Crippen LogP contribution >= 0.6 is 0 Å². The number of likely N-dealkylation sites (N-methyl/N-ethyl adjacent to an activating group) is 1. The molecule has 0 fully saturated rings. The van der Waals surface area contributed by atoms with Gasteiger partial charge in [0, 0.05) is 7.05 Å². The van der Waals surface area contributed by atoms with Crippen LogP contribution in [-0.2, 0) is 9.59 Å². The summed E-state index contributed by atoms with van der Waals surface area (Å²) >= 11 is 0. The Bertz CT molecular complexity index is 377. The number of carbonyl (C=O) groups is 2. The monoisotopic (exact) mass is 209 g/mol. The average Bonchev–Trinajstić information content (AvgIpc) is 2.17. The van der Waals surface area contributed by atoms with Gasteiger partial charge in [0.2, 0.25) is 6.41 Å². The van der Waals surface area contributed by atoms with Gasteiger partial charge in [-0.3, -0.25) is 4.79 Å². The molecule has 1 atom stereocenters. The lowest BCUT2D eigenvalue weighted by Gasteiger charge is -2.20. The van der Waals surface area contributed by atoms with Crippen molar-refractivity contribution < 1.29 is 19.8 Å². The van der Waals surface area contributed by atoms with E-state index < -0.39 is 12.0 Å². The number of amides is 1. The first-order chi connectivity index (χ1) is 7.06. The van der Waals surface area contributed by atoms with Crippen LogP contribution in [0, 0.1) is 0 Å². The summed E-state index contributed by atoms with van der Waals surface area (Å²) in [5.74, 6) is -1.17. The van der Waals surface area contributed by atoms with Crippen molar-refractivity contribution in [2.75, 3.05) is 7.05 Å². The molecule has 1 aromatic rings. The maximum Gasteiger partial charge on any atom is 0.331 e. The number of nitrogens with zero attached hydrogens (tertiary/aromatic N) is 1. The number of carboxylic acids is 1. The van der Waals surface area contributed by atoms with Gasteiger partial charge in [-0.15, -0.1) is 0 Å². The zero-order chi connectivity index (χ0) is 11.4. The standard InChI is InChI=1S/C10H11NO4/c1-11(6-12)9(10(14)15)7-3-2-4-8(13)5-7/h2-6,9,13H,1H3,(H,14,15). The summed E-state index contributed by atoms with van der Waals surface area (Å²) < 4.78 is 0. The van der Waals surface area contributed by atoms with Crippen molar-refractivity contribution in [1.82, 2.24) is 4.90 Å². The maximum absolute atomic E-state index is 10.9. The third-order valence-electron chi connectivity index (χ3n) is 1.99. The normalized spacial score (nSPS) is 11.8. The number of phenols is 1.